The van der Waals surface area contributed by atoms with Crippen molar-refractivity contribution < 1.29 is 22.3 Å². The Balaban J connectivity index is 2.09. The summed E-state index contributed by atoms with van der Waals surface area (Å²) in [4.78, 5) is 11.4. The zero-order valence-electron chi connectivity index (χ0n) is 11.1. The van der Waals surface area contributed by atoms with Crippen LogP contribution in [-0.4, -0.2) is 39.0 Å². The minimum atomic E-state index is -2.91. The molecule has 0 radical (unpaired) electrons. The molecule has 5 nitrogen and oxygen atoms in total. The molecule has 1 fully saturated rings. The molecule has 0 amide bonds. The number of carbonyl (C=O) groups is 1. The maximum absolute atomic E-state index is 13.5. The molecule has 0 spiro atoms. The average molecular weight is 301 g/mol. The maximum atomic E-state index is 13.5. The summed E-state index contributed by atoms with van der Waals surface area (Å²) >= 11 is 0. The van der Waals surface area contributed by atoms with Crippen molar-refractivity contribution in [2.45, 2.75) is 18.9 Å². The Morgan fingerprint density at radius 2 is 2.00 bits per heavy atom. The molecular formula is C13H16FNO4S. The fourth-order valence-corrected chi connectivity index (χ4v) is 3.64. The maximum Gasteiger partial charge on any atom is 0.340 e. The molecular weight excluding hydrogens is 285 g/mol. The van der Waals surface area contributed by atoms with Crippen LogP contribution in [0.1, 0.15) is 23.2 Å². The molecule has 1 aliphatic heterocycles. The van der Waals surface area contributed by atoms with Crippen LogP contribution < -0.4 is 5.32 Å². The van der Waals surface area contributed by atoms with Gasteiger partial charge in [0.2, 0.25) is 0 Å². The number of anilines is 1. The van der Waals surface area contributed by atoms with Crippen molar-refractivity contribution >= 4 is 21.5 Å². The summed E-state index contributed by atoms with van der Waals surface area (Å²) in [5.41, 5.74) is 0.442. The summed E-state index contributed by atoms with van der Waals surface area (Å²) in [5, 5.41) is 3.13. The van der Waals surface area contributed by atoms with Crippen molar-refractivity contribution in [3.05, 3.63) is 29.6 Å². The first-order valence-electron chi connectivity index (χ1n) is 6.26. The topological polar surface area (TPSA) is 72.5 Å². The third-order valence-electron chi connectivity index (χ3n) is 3.30. The third kappa shape index (κ3) is 3.47. The number of hydrogen-bond acceptors (Lipinski definition) is 5. The number of esters is 1. The Morgan fingerprint density at radius 3 is 2.60 bits per heavy atom. The first-order chi connectivity index (χ1) is 9.41. The van der Waals surface area contributed by atoms with Crippen LogP contribution in [0.25, 0.3) is 0 Å². The molecule has 1 saturated heterocycles. The minimum absolute atomic E-state index is 0.00878. The number of halogens is 1. The zero-order chi connectivity index (χ0) is 14.8. The lowest BCUT2D eigenvalue weighted by molar-refractivity contribution is 0.0595. The van der Waals surface area contributed by atoms with E-state index in [1.807, 2.05) is 0 Å². The molecule has 0 bridgehead atoms. The number of rotatable bonds is 3. The molecule has 1 aliphatic rings. The lowest BCUT2D eigenvalue weighted by Gasteiger charge is -2.24. The van der Waals surface area contributed by atoms with Crippen molar-refractivity contribution in [3.8, 4) is 0 Å². The van der Waals surface area contributed by atoms with Gasteiger partial charge >= 0.3 is 5.97 Å². The van der Waals surface area contributed by atoms with E-state index in [1.165, 1.54) is 25.3 Å². The molecule has 0 aromatic heterocycles. The summed E-state index contributed by atoms with van der Waals surface area (Å²) < 4.78 is 40.7. The zero-order valence-corrected chi connectivity index (χ0v) is 11.9. The van der Waals surface area contributed by atoms with Crippen LogP contribution in [0.4, 0.5) is 10.1 Å². The molecule has 0 unspecified atom stereocenters. The third-order valence-corrected chi connectivity index (χ3v) is 5.01. The minimum Gasteiger partial charge on any atom is -0.465 e. The monoisotopic (exact) mass is 301 g/mol. The second-order valence-corrected chi connectivity index (χ2v) is 7.06. The van der Waals surface area contributed by atoms with Gasteiger partial charge in [-0.3, -0.25) is 0 Å². The van der Waals surface area contributed by atoms with Crippen molar-refractivity contribution in [1.82, 2.24) is 0 Å². The molecule has 1 aromatic carbocycles. The molecule has 1 heterocycles. The van der Waals surface area contributed by atoms with Gasteiger partial charge in [-0.15, -0.1) is 0 Å². The molecule has 110 valence electrons. The summed E-state index contributed by atoms with van der Waals surface area (Å²) in [6, 6.07) is 4.10. The highest BCUT2D eigenvalue weighted by molar-refractivity contribution is 7.91. The average Bonchev–Trinajstić information content (AvgIpc) is 2.42. The highest BCUT2D eigenvalue weighted by Crippen LogP contribution is 2.20. The van der Waals surface area contributed by atoms with Gasteiger partial charge in [0.05, 0.1) is 24.2 Å². The van der Waals surface area contributed by atoms with E-state index >= 15 is 0 Å². The van der Waals surface area contributed by atoms with Gasteiger partial charge in [0.1, 0.15) is 15.7 Å². The van der Waals surface area contributed by atoms with Crippen LogP contribution >= 0.6 is 0 Å². The molecule has 20 heavy (non-hydrogen) atoms. The molecule has 0 atom stereocenters. The molecule has 0 aliphatic carbocycles. The van der Waals surface area contributed by atoms with Crippen molar-refractivity contribution in [1.29, 1.82) is 0 Å². The van der Waals surface area contributed by atoms with E-state index in [1.54, 1.807) is 0 Å². The summed E-state index contributed by atoms with van der Waals surface area (Å²) in [6.07, 6.45) is 1.01. The second kappa shape index (κ2) is 5.78. The fourth-order valence-electron chi connectivity index (χ4n) is 2.15. The normalized spacial score (nSPS) is 18.5. The van der Waals surface area contributed by atoms with Gasteiger partial charge in [-0.05, 0) is 31.0 Å². The van der Waals surface area contributed by atoms with E-state index in [4.69, 9.17) is 0 Å². The first kappa shape index (κ1) is 14.8. The molecule has 7 heteroatoms. The number of nitrogens with one attached hydrogen (secondary N) is 1. The summed E-state index contributed by atoms with van der Waals surface area (Å²) in [7, 11) is -1.73. The number of hydrogen-bond donors (Lipinski definition) is 1. The predicted molar refractivity (Wildman–Crippen MR) is 73.0 cm³/mol. The second-order valence-electron chi connectivity index (χ2n) is 4.76. The lowest BCUT2D eigenvalue weighted by atomic mass is 10.1. The van der Waals surface area contributed by atoms with Crippen LogP contribution in [0.3, 0.4) is 0 Å². The van der Waals surface area contributed by atoms with Crippen molar-refractivity contribution in [2.24, 2.45) is 0 Å². The van der Waals surface area contributed by atoms with Crippen LogP contribution in [0.15, 0.2) is 18.2 Å². The van der Waals surface area contributed by atoms with Gasteiger partial charge in [-0.2, -0.15) is 0 Å². The first-order valence-corrected chi connectivity index (χ1v) is 8.08. The van der Waals surface area contributed by atoms with Crippen molar-refractivity contribution in [2.75, 3.05) is 23.9 Å². The van der Waals surface area contributed by atoms with Gasteiger partial charge in [0.15, 0.2) is 0 Å². The lowest BCUT2D eigenvalue weighted by Crippen LogP contribution is -2.32. The Hall–Kier alpha value is -1.63. The van der Waals surface area contributed by atoms with Crippen LogP contribution in [0.5, 0.6) is 0 Å². The Bertz CT molecular complexity index is 601. The summed E-state index contributed by atoms with van der Waals surface area (Å²) in [6.45, 7) is 0. The van der Waals surface area contributed by atoms with Gasteiger partial charge in [0.25, 0.3) is 0 Å². The number of methoxy groups -OCH3 is 1. The number of benzene rings is 1. The molecule has 1 N–H and O–H groups in total. The van der Waals surface area contributed by atoms with Crippen LogP contribution in [0, 0.1) is 5.82 Å². The van der Waals surface area contributed by atoms with Gasteiger partial charge < -0.3 is 10.1 Å². The van der Waals surface area contributed by atoms with E-state index < -0.39 is 21.6 Å². The van der Waals surface area contributed by atoms with Crippen molar-refractivity contribution in [3.63, 3.8) is 0 Å². The van der Waals surface area contributed by atoms with Crippen LogP contribution in [-0.2, 0) is 14.6 Å². The quantitative estimate of drug-likeness (QED) is 0.859. The van der Waals surface area contributed by atoms with Gasteiger partial charge in [-0.25, -0.2) is 17.6 Å². The predicted octanol–water partition coefficient (Wildman–Crippen LogP) is 1.60. The molecule has 1 aromatic rings. The van der Waals surface area contributed by atoms with E-state index in [9.17, 15) is 17.6 Å². The number of sulfone groups is 1. The Labute approximate surface area is 117 Å². The Kier molecular flexibility index (Phi) is 4.27. The van der Waals surface area contributed by atoms with E-state index in [-0.39, 0.29) is 23.1 Å². The molecule has 0 saturated carbocycles. The van der Waals surface area contributed by atoms with E-state index in [2.05, 4.69) is 10.1 Å². The largest absolute Gasteiger partial charge is 0.465 e. The fraction of sp³-hybridized carbons (Fsp3) is 0.462. The van der Waals surface area contributed by atoms with E-state index in [0.717, 1.165) is 0 Å². The van der Waals surface area contributed by atoms with Gasteiger partial charge in [0, 0.05) is 11.7 Å². The number of carbonyl (C=O) groups excluding carboxylic acids is 1. The molecule has 2 rings (SSSR count). The SMILES string of the molecule is COC(=O)c1cc(NC2CCS(=O)(=O)CC2)ccc1F. The highest BCUT2D eigenvalue weighted by atomic mass is 32.2. The van der Waals surface area contributed by atoms with E-state index in [0.29, 0.717) is 18.5 Å². The summed E-state index contributed by atoms with van der Waals surface area (Å²) in [5.74, 6) is -1.09. The smallest absolute Gasteiger partial charge is 0.340 e. The number of ether oxygens (including phenoxy) is 1. The standard InChI is InChI=1S/C13H16FNO4S/c1-19-13(16)11-8-10(2-3-12(11)14)15-9-4-6-20(17,18)7-5-9/h2-3,8-9,15H,4-7H2,1H3. The van der Waals surface area contributed by atoms with Crippen LogP contribution in [0.2, 0.25) is 0 Å². The highest BCUT2D eigenvalue weighted by Gasteiger charge is 2.23. The van der Waals surface area contributed by atoms with Gasteiger partial charge in [-0.1, -0.05) is 0 Å². The Morgan fingerprint density at radius 1 is 1.35 bits per heavy atom.